The number of hydrogen-bond donors (Lipinski definition) is 0. The van der Waals surface area contributed by atoms with Crippen molar-refractivity contribution in [2.45, 2.75) is 26.9 Å². The summed E-state index contributed by atoms with van der Waals surface area (Å²) in [6, 6.07) is 0. The van der Waals surface area contributed by atoms with Crippen LogP contribution in [0, 0.1) is 0 Å². The van der Waals surface area contributed by atoms with E-state index in [1.54, 1.807) is 19.1 Å². The first-order valence-electron chi connectivity index (χ1n) is 4.73. The molecule has 5 nitrogen and oxygen atoms in total. The fourth-order valence-electron chi connectivity index (χ4n) is 0.688. The molecule has 0 fully saturated rings. The zero-order valence-electron chi connectivity index (χ0n) is 9.19. The summed E-state index contributed by atoms with van der Waals surface area (Å²) in [7, 11) is 0. The molecule has 0 amide bonds. The predicted octanol–water partition coefficient (Wildman–Crippen LogP) is 1.67. The highest BCUT2D eigenvalue weighted by Crippen LogP contribution is 1.97. The van der Waals surface area contributed by atoms with Crippen molar-refractivity contribution in [1.82, 2.24) is 0 Å². The number of ether oxygens (including phenoxy) is 3. The first-order chi connectivity index (χ1) is 7.11. The fourth-order valence-corrected chi connectivity index (χ4v) is 0.688. The Labute approximate surface area is 89.0 Å². The third-order valence-corrected chi connectivity index (χ3v) is 1.42. The fraction of sp³-hybridized carbons (Fsp3) is 0.600. The van der Waals surface area contributed by atoms with Crippen molar-refractivity contribution in [1.29, 1.82) is 0 Å². The molecule has 0 bridgehead atoms. The Morgan fingerprint density at radius 1 is 1.33 bits per heavy atom. The van der Waals surface area contributed by atoms with Gasteiger partial charge in [-0.3, -0.25) is 0 Å². The molecule has 0 saturated carbocycles. The highest BCUT2D eigenvalue weighted by Gasteiger charge is 2.19. The molecule has 0 N–H and O–H groups in total. The van der Waals surface area contributed by atoms with Crippen LogP contribution in [0.1, 0.15) is 20.8 Å². The Hall–Kier alpha value is -1.52. The smallest absolute Gasteiger partial charge is 0.459 e. The number of carbonyl (C=O) groups is 2. The van der Waals surface area contributed by atoms with Gasteiger partial charge >= 0.3 is 12.1 Å². The Kier molecular flexibility index (Phi) is 7.05. The standard InChI is InChI=1S/C10H16O5/c1-4-6-7-14-9(11)8(3)15-10(12)13-5-2/h4,6,8H,5,7H2,1-3H3/b6-4+. The van der Waals surface area contributed by atoms with Crippen LogP contribution in [0.5, 0.6) is 0 Å². The summed E-state index contributed by atoms with van der Waals surface area (Å²) in [6.45, 7) is 5.27. The molecule has 0 spiro atoms. The maximum atomic E-state index is 11.2. The van der Waals surface area contributed by atoms with Crippen molar-refractivity contribution in [3.8, 4) is 0 Å². The topological polar surface area (TPSA) is 61.8 Å². The van der Waals surface area contributed by atoms with Gasteiger partial charge in [-0.1, -0.05) is 12.2 Å². The zero-order chi connectivity index (χ0) is 11.7. The van der Waals surface area contributed by atoms with E-state index in [0.717, 1.165) is 0 Å². The number of allylic oxidation sites excluding steroid dienone is 1. The molecular formula is C10H16O5. The second kappa shape index (κ2) is 7.84. The first kappa shape index (κ1) is 13.5. The van der Waals surface area contributed by atoms with Gasteiger partial charge in [0.1, 0.15) is 6.61 Å². The second-order valence-corrected chi connectivity index (χ2v) is 2.64. The normalized spacial score (nSPS) is 12.2. The van der Waals surface area contributed by atoms with E-state index in [2.05, 4.69) is 9.47 Å². The maximum Gasteiger partial charge on any atom is 0.509 e. The molecule has 0 radical (unpaired) electrons. The van der Waals surface area contributed by atoms with Crippen LogP contribution in [0.4, 0.5) is 4.79 Å². The van der Waals surface area contributed by atoms with Crippen LogP contribution in [-0.4, -0.2) is 31.4 Å². The van der Waals surface area contributed by atoms with E-state index < -0.39 is 18.2 Å². The summed E-state index contributed by atoms with van der Waals surface area (Å²) in [6.07, 6.45) is 1.61. The van der Waals surface area contributed by atoms with E-state index in [0.29, 0.717) is 0 Å². The molecule has 0 aromatic carbocycles. The van der Waals surface area contributed by atoms with Gasteiger partial charge in [-0.05, 0) is 20.8 Å². The highest BCUT2D eigenvalue weighted by molar-refractivity contribution is 5.77. The van der Waals surface area contributed by atoms with Crippen molar-refractivity contribution >= 4 is 12.1 Å². The van der Waals surface area contributed by atoms with Crippen molar-refractivity contribution in [3.63, 3.8) is 0 Å². The molecule has 15 heavy (non-hydrogen) atoms. The second-order valence-electron chi connectivity index (χ2n) is 2.64. The number of hydrogen-bond acceptors (Lipinski definition) is 5. The van der Waals surface area contributed by atoms with Crippen LogP contribution in [-0.2, 0) is 19.0 Å². The van der Waals surface area contributed by atoms with Crippen LogP contribution >= 0.6 is 0 Å². The molecular weight excluding hydrogens is 200 g/mol. The Morgan fingerprint density at radius 2 is 2.00 bits per heavy atom. The van der Waals surface area contributed by atoms with Gasteiger partial charge < -0.3 is 14.2 Å². The first-order valence-corrected chi connectivity index (χ1v) is 4.73. The summed E-state index contributed by atoms with van der Waals surface area (Å²) in [5.41, 5.74) is 0. The number of rotatable bonds is 5. The van der Waals surface area contributed by atoms with E-state index in [4.69, 9.17) is 4.74 Å². The number of carbonyl (C=O) groups excluding carboxylic acids is 2. The molecule has 5 heteroatoms. The van der Waals surface area contributed by atoms with Gasteiger partial charge in [0.25, 0.3) is 0 Å². The van der Waals surface area contributed by atoms with Crippen molar-refractivity contribution in [3.05, 3.63) is 12.2 Å². The molecule has 86 valence electrons. The lowest BCUT2D eigenvalue weighted by atomic mass is 10.4. The molecule has 0 aliphatic rings. The maximum absolute atomic E-state index is 11.2. The van der Waals surface area contributed by atoms with Gasteiger partial charge in [-0.15, -0.1) is 0 Å². The number of esters is 1. The van der Waals surface area contributed by atoms with Gasteiger partial charge in [-0.2, -0.15) is 0 Å². The van der Waals surface area contributed by atoms with Gasteiger partial charge in [0.15, 0.2) is 6.10 Å². The van der Waals surface area contributed by atoms with Gasteiger partial charge in [0, 0.05) is 0 Å². The lowest BCUT2D eigenvalue weighted by molar-refractivity contribution is -0.152. The Morgan fingerprint density at radius 3 is 2.53 bits per heavy atom. The summed E-state index contributed by atoms with van der Waals surface area (Å²) < 4.78 is 13.9. The molecule has 1 unspecified atom stereocenters. The third-order valence-electron chi connectivity index (χ3n) is 1.42. The summed E-state index contributed by atoms with van der Waals surface area (Å²) in [5.74, 6) is -0.596. The highest BCUT2D eigenvalue weighted by atomic mass is 16.7. The van der Waals surface area contributed by atoms with Crippen LogP contribution in [0.3, 0.4) is 0 Å². The van der Waals surface area contributed by atoms with Gasteiger partial charge in [-0.25, -0.2) is 9.59 Å². The molecule has 0 aliphatic carbocycles. The molecule has 1 atom stereocenters. The molecule has 0 aromatic rings. The summed E-state index contributed by atoms with van der Waals surface area (Å²) in [5, 5.41) is 0. The lowest BCUT2D eigenvalue weighted by Crippen LogP contribution is -2.26. The van der Waals surface area contributed by atoms with E-state index in [-0.39, 0.29) is 13.2 Å². The molecule has 0 heterocycles. The van der Waals surface area contributed by atoms with Gasteiger partial charge in [0.2, 0.25) is 0 Å². The van der Waals surface area contributed by atoms with Crippen LogP contribution in [0.15, 0.2) is 12.2 Å². The Balaban J connectivity index is 3.82. The SMILES string of the molecule is C/C=C/COC(=O)C(C)OC(=O)OCC. The largest absolute Gasteiger partial charge is 0.509 e. The average molecular weight is 216 g/mol. The summed E-state index contributed by atoms with van der Waals surface area (Å²) >= 11 is 0. The van der Waals surface area contributed by atoms with Crippen LogP contribution in [0.2, 0.25) is 0 Å². The quantitative estimate of drug-likeness (QED) is 0.516. The van der Waals surface area contributed by atoms with E-state index in [9.17, 15) is 9.59 Å². The molecule has 0 aromatic heterocycles. The summed E-state index contributed by atoms with van der Waals surface area (Å²) in [4.78, 5) is 22.0. The van der Waals surface area contributed by atoms with Crippen molar-refractivity contribution in [2.75, 3.05) is 13.2 Å². The van der Waals surface area contributed by atoms with E-state index >= 15 is 0 Å². The van der Waals surface area contributed by atoms with Crippen molar-refractivity contribution in [2.24, 2.45) is 0 Å². The monoisotopic (exact) mass is 216 g/mol. The van der Waals surface area contributed by atoms with Gasteiger partial charge in [0.05, 0.1) is 6.61 Å². The third kappa shape index (κ3) is 6.54. The predicted molar refractivity (Wildman–Crippen MR) is 53.3 cm³/mol. The minimum atomic E-state index is -0.950. The molecule has 0 aliphatic heterocycles. The van der Waals surface area contributed by atoms with Crippen molar-refractivity contribution < 1.29 is 23.8 Å². The van der Waals surface area contributed by atoms with E-state index in [1.165, 1.54) is 6.92 Å². The molecule has 0 saturated heterocycles. The molecule has 0 rings (SSSR count). The lowest BCUT2D eigenvalue weighted by Gasteiger charge is -2.11. The van der Waals surface area contributed by atoms with E-state index in [1.807, 2.05) is 6.92 Å². The van der Waals surface area contributed by atoms with Crippen LogP contribution in [0.25, 0.3) is 0 Å². The Bertz CT molecular complexity index is 234. The average Bonchev–Trinajstić information content (AvgIpc) is 2.18. The van der Waals surface area contributed by atoms with Crippen LogP contribution < -0.4 is 0 Å². The minimum absolute atomic E-state index is 0.172. The zero-order valence-corrected chi connectivity index (χ0v) is 9.19. The minimum Gasteiger partial charge on any atom is -0.459 e.